The van der Waals surface area contributed by atoms with Crippen LogP contribution in [-0.4, -0.2) is 41.6 Å². The van der Waals surface area contributed by atoms with Crippen LogP contribution >= 0.6 is 0 Å². The first kappa shape index (κ1) is 17.3. The number of ether oxygens (including phenoxy) is 2. The Bertz CT molecular complexity index is 722. The first-order valence-corrected chi connectivity index (χ1v) is 8.62. The number of pyridine rings is 1. The molecule has 0 unspecified atom stereocenters. The van der Waals surface area contributed by atoms with Gasteiger partial charge in [0.25, 0.3) is 5.91 Å². The highest BCUT2D eigenvalue weighted by molar-refractivity contribution is 5.78. The largest absolute Gasteiger partial charge is 0.484 e. The topological polar surface area (TPSA) is 51.7 Å². The molecular weight excluding hydrogens is 316 g/mol. The number of rotatable bonds is 6. The molecule has 132 valence electrons. The van der Waals surface area contributed by atoms with Crippen molar-refractivity contribution in [2.75, 3.05) is 19.7 Å². The van der Waals surface area contributed by atoms with E-state index in [2.05, 4.69) is 18.8 Å². The lowest BCUT2D eigenvalue weighted by Gasteiger charge is -2.38. The molecule has 5 nitrogen and oxygen atoms in total. The molecule has 5 heteroatoms. The van der Waals surface area contributed by atoms with Gasteiger partial charge in [-0.3, -0.25) is 4.79 Å². The molecule has 0 N–H and O–H groups in total. The summed E-state index contributed by atoms with van der Waals surface area (Å²) < 4.78 is 11.3. The fourth-order valence-corrected chi connectivity index (χ4v) is 2.66. The minimum atomic E-state index is -0.0232. The number of benzene rings is 1. The molecule has 0 aliphatic carbocycles. The van der Waals surface area contributed by atoms with Gasteiger partial charge in [0.2, 0.25) is 5.88 Å². The van der Waals surface area contributed by atoms with E-state index in [1.807, 2.05) is 49.4 Å². The SMILES string of the molecule is Cc1cccc(OC2CN(C(=O)COc3ccc(C(C)C)cc3)C2)n1. The number of aromatic nitrogens is 1. The molecule has 1 aromatic heterocycles. The maximum atomic E-state index is 12.2. The van der Waals surface area contributed by atoms with Gasteiger partial charge in [0.05, 0.1) is 13.1 Å². The van der Waals surface area contributed by atoms with E-state index in [1.54, 1.807) is 4.90 Å². The van der Waals surface area contributed by atoms with Crippen LogP contribution in [0.15, 0.2) is 42.5 Å². The fourth-order valence-electron chi connectivity index (χ4n) is 2.66. The summed E-state index contributed by atoms with van der Waals surface area (Å²) in [5.74, 6) is 1.79. The van der Waals surface area contributed by atoms with Crippen LogP contribution < -0.4 is 9.47 Å². The van der Waals surface area contributed by atoms with Crippen LogP contribution in [0.2, 0.25) is 0 Å². The van der Waals surface area contributed by atoms with Gasteiger partial charge in [-0.1, -0.05) is 32.0 Å². The zero-order chi connectivity index (χ0) is 17.8. The predicted molar refractivity (Wildman–Crippen MR) is 96.0 cm³/mol. The van der Waals surface area contributed by atoms with Gasteiger partial charge in [-0.25, -0.2) is 4.98 Å². The molecule has 1 aliphatic heterocycles. The maximum Gasteiger partial charge on any atom is 0.260 e. The maximum absolute atomic E-state index is 12.2. The van der Waals surface area contributed by atoms with Crippen molar-refractivity contribution in [3.63, 3.8) is 0 Å². The van der Waals surface area contributed by atoms with E-state index in [4.69, 9.17) is 9.47 Å². The standard InChI is InChI=1S/C20H24N2O3/c1-14(2)16-7-9-17(10-8-16)24-13-20(23)22-11-18(12-22)25-19-6-4-5-15(3)21-19/h4-10,14,18H,11-13H2,1-3H3. The van der Waals surface area contributed by atoms with Crippen molar-refractivity contribution in [3.05, 3.63) is 53.7 Å². The average Bonchev–Trinajstić information content (AvgIpc) is 2.56. The van der Waals surface area contributed by atoms with Crippen LogP contribution in [0, 0.1) is 6.92 Å². The minimum Gasteiger partial charge on any atom is -0.484 e. The van der Waals surface area contributed by atoms with Crippen molar-refractivity contribution >= 4 is 5.91 Å². The number of aryl methyl sites for hydroxylation is 1. The molecule has 1 amide bonds. The summed E-state index contributed by atoms with van der Waals surface area (Å²) in [7, 11) is 0. The third-order valence-electron chi connectivity index (χ3n) is 4.26. The Morgan fingerprint density at radius 1 is 1.20 bits per heavy atom. The van der Waals surface area contributed by atoms with Gasteiger partial charge >= 0.3 is 0 Å². The molecule has 1 fully saturated rings. The monoisotopic (exact) mass is 340 g/mol. The van der Waals surface area contributed by atoms with Crippen LogP contribution in [0.1, 0.15) is 31.0 Å². The number of hydrogen-bond donors (Lipinski definition) is 0. The molecular formula is C20H24N2O3. The van der Waals surface area contributed by atoms with E-state index in [-0.39, 0.29) is 18.6 Å². The third kappa shape index (κ3) is 4.50. The van der Waals surface area contributed by atoms with Crippen LogP contribution in [-0.2, 0) is 4.79 Å². The Morgan fingerprint density at radius 2 is 1.92 bits per heavy atom. The predicted octanol–water partition coefficient (Wildman–Crippen LogP) is 3.18. The van der Waals surface area contributed by atoms with E-state index in [0.717, 1.165) is 11.4 Å². The molecule has 3 rings (SSSR count). The van der Waals surface area contributed by atoms with Crippen LogP contribution in [0.25, 0.3) is 0 Å². The summed E-state index contributed by atoms with van der Waals surface area (Å²) in [4.78, 5) is 18.2. The lowest BCUT2D eigenvalue weighted by Crippen LogP contribution is -2.57. The molecule has 0 bridgehead atoms. The van der Waals surface area contributed by atoms with Crippen molar-refractivity contribution in [3.8, 4) is 11.6 Å². The highest BCUT2D eigenvalue weighted by atomic mass is 16.5. The van der Waals surface area contributed by atoms with Crippen LogP contribution in [0.3, 0.4) is 0 Å². The Labute approximate surface area is 148 Å². The molecule has 1 aliphatic rings. The second kappa shape index (κ2) is 7.55. The summed E-state index contributed by atoms with van der Waals surface area (Å²) in [6, 6.07) is 13.6. The van der Waals surface area contributed by atoms with E-state index >= 15 is 0 Å². The number of carbonyl (C=O) groups is 1. The molecule has 0 radical (unpaired) electrons. The first-order chi connectivity index (χ1) is 12.0. The smallest absolute Gasteiger partial charge is 0.260 e. The Kier molecular flexibility index (Phi) is 5.22. The van der Waals surface area contributed by atoms with Crippen molar-refractivity contribution in [1.82, 2.24) is 9.88 Å². The number of amides is 1. The van der Waals surface area contributed by atoms with Gasteiger partial charge in [0, 0.05) is 11.8 Å². The van der Waals surface area contributed by atoms with Gasteiger partial charge in [-0.15, -0.1) is 0 Å². The summed E-state index contributed by atoms with van der Waals surface area (Å²) in [6.07, 6.45) is 0.00331. The van der Waals surface area contributed by atoms with E-state index in [0.29, 0.717) is 24.9 Å². The summed E-state index contributed by atoms with van der Waals surface area (Å²) in [5.41, 5.74) is 2.17. The van der Waals surface area contributed by atoms with Gasteiger partial charge in [-0.05, 0) is 36.6 Å². The molecule has 0 atom stereocenters. The molecule has 0 saturated carbocycles. The summed E-state index contributed by atoms with van der Waals surface area (Å²) in [6.45, 7) is 7.42. The van der Waals surface area contributed by atoms with Gasteiger partial charge < -0.3 is 14.4 Å². The van der Waals surface area contributed by atoms with Crippen LogP contribution in [0.4, 0.5) is 0 Å². The number of nitrogens with zero attached hydrogens (tertiary/aromatic N) is 2. The van der Waals surface area contributed by atoms with Crippen molar-refractivity contribution in [1.29, 1.82) is 0 Å². The first-order valence-electron chi connectivity index (χ1n) is 8.62. The molecule has 25 heavy (non-hydrogen) atoms. The number of carbonyl (C=O) groups excluding carboxylic acids is 1. The Morgan fingerprint density at radius 3 is 2.56 bits per heavy atom. The van der Waals surface area contributed by atoms with Crippen molar-refractivity contribution < 1.29 is 14.3 Å². The van der Waals surface area contributed by atoms with E-state index in [9.17, 15) is 4.79 Å². The number of likely N-dealkylation sites (tertiary alicyclic amines) is 1. The minimum absolute atomic E-state index is 0.00331. The zero-order valence-corrected chi connectivity index (χ0v) is 14.9. The van der Waals surface area contributed by atoms with Crippen molar-refractivity contribution in [2.45, 2.75) is 32.8 Å². The Hall–Kier alpha value is -2.56. The van der Waals surface area contributed by atoms with Crippen molar-refractivity contribution in [2.24, 2.45) is 0 Å². The highest BCUT2D eigenvalue weighted by Crippen LogP contribution is 2.20. The number of hydrogen-bond acceptors (Lipinski definition) is 4. The molecule has 2 heterocycles. The highest BCUT2D eigenvalue weighted by Gasteiger charge is 2.32. The fraction of sp³-hybridized carbons (Fsp3) is 0.400. The lowest BCUT2D eigenvalue weighted by molar-refractivity contribution is -0.142. The third-order valence-corrected chi connectivity index (χ3v) is 4.26. The van der Waals surface area contributed by atoms with Gasteiger partial charge in [0.15, 0.2) is 6.61 Å². The van der Waals surface area contributed by atoms with Gasteiger partial charge in [0.1, 0.15) is 11.9 Å². The molecule has 1 saturated heterocycles. The normalized spacial score (nSPS) is 14.3. The summed E-state index contributed by atoms with van der Waals surface area (Å²) >= 11 is 0. The summed E-state index contributed by atoms with van der Waals surface area (Å²) in [5, 5.41) is 0. The van der Waals surface area contributed by atoms with Crippen LogP contribution in [0.5, 0.6) is 11.6 Å². The molecule has 0 spiro atoms. The second-order valence-corrected chi connectivity index (χ2v) is 6.67. The second-order valence-electron chi connectivity index (χ2n) is 6.67. The zero-order valence-electron chi connectivity index (χ0n) is 14.9. The quantitative estimate of drug-likeness (QED) is 0.810. The van der Waals surface area contributed by atoms with E-state index in [1.165, 1.54) is 5.56 Å². The van der Waals surface area contributed by atoms with E-state index < -0.39 is 0 Å². The molecule has 1 aromatic carbocycles. The Balaban J connectivity index is 1.41. The lowest BCUT2D eigenvalue weighted by atomic mass is 10.0. The van der Waals surface area contributed by atoms with Gasteiger partial charge in [-0.2, -0.15) is 0 Å². The molecule has 2 aromatic rings. The average molecular weight is 340 g/mol.